The van der Waals surface area contributed by atoms with Crippen molar-refractivity contribution in [3.63, 3.8) is 0 Å². The van der Waals surface area contributed by atoms with Crippen molar-refractivity contribution in [1.29, 1.82) is 0 Å². The molecular formula is C38H31Cl2N13O6S7. The summed E-state index contributed by atoms with van der Waals surface area (Å²) in [6.07, 6.45) is 0. The van der Waals surface area contributed by atoms with E-state index in [0.717, 1.165) is 81.5 Å². The molecule has 9 rings (SSSR count). The van der Waals surface area contributed by atoms with Crippen LogP contribution in [0, 0.1) is 0 Å². The molecule has 6 bridgehead atoms. The average molecular weight is 1060 g/mol. The number of halogens is 2. The number of thiophene rings is 2. The Kier molecular flexibility index (Phi) is 13.0. The Balaban J connectivity index is 1.13. The van der Waals surface area contributed by atoms with Crippen molar-refractivity contribution < 1.29 is 25.9 Å². The van der Waals surface area contributed by atoms with Gasteiger partial charge in [-0.2, -0.15) is 40.5 Å². The predicted octanol–water partition coefficient (Wildman–Crippen LogP) is 12.9. The number of hydrogen-bond donors (Lipinski definition) is 4. The van der Waals surface area contributed by atoms with Gasteiger partial charge in [-0.3, -0.25) is 9.11 Å². The lowest BCUT2D eigenvalue weighted by Gasteiger charge is -2.25. The normalized spacial score (nSPS) is 13.3. The van der Waals surface area contributed by atoms with E-state index in [1.165, 1.54) is 11.8 Å². The lowest BCUT2D eigenvalue weighted by Crippen LogP contribution is -2.21. The van der Waals surface area contributed by atoms with Gasteiger partial charge in [-0.05, 0) is 97.9 Å². The molecular weight excluding hydrogens is 1030 g/mol. The predicted molar refractivity (Wildman–Crippen MR) is 265 cm³/mol. The number of aromatic nitrogens is 5. The average Bonchev–Trinajstić information content (AvgIpc) is 4.05. The van der Waals surface area contributed by atoms with Crippen LogP contribution in [0.15, 0.2) is 94.7 Å². The van der Waals surface area contributed by atoms with E-state index >= 15 is 0 Å². The summed E-state index contributed by atoms with van der Waals surface area (Å²) in [5.74, 6) is 0.853. The number of azo groups is 2. The van der Waals surface area contributed by atoms with Gasteiger partial charge in [0, 0.05) is 42.4 Å². The number of rotatable bonds is 12. The minimum atomic E-state index is -4.59. The number of anilines is 7. The monoisotopic (exact) mass is 1060 g/mol. The maximum absolute atomic E-state index is 12.0. The second kappa shape index (κ2) is 18.6. The third-order valence-electron chi connectivity index (χ3n) is 9.84. The van der Waals surface area contributed by atoms with Crippen LogP contribution in [-0.4, -0.2) is 69.3 Å². The summed E-state index contributed by atoms with van der Waals surface area (Å²) in [6.45, 7) is 8.21. The zero-order valence-corrected chi connectivity index (χ0v) is 41.4. The zero-order valence-electron chi connectivity index (χ0n) is 34.2. The second-order valence-corrected chi connectivity index (χ2v) is 22.3. The number of benzene rings is 3. The van der Waals surface area contributed by atoms with Crippen LogP contribution in [0.25, 0.3) is 20.4 Å². The number of hydrogen-bond acceptors (Lipinski definition) is 22. The van der Waals surface area contributed by atoms with Crippen LogP contribution in [-0.2, 0) is 26.0 Å². The highest BCUT2D eigenvalue weighted by molar-refractivity contribution is 7.98. The second-order valence-electron chi connectivity index (χ2n) is 13.9. The Hall–Kier alpha value is -5.00. The molecule has 28 heteroatoms. The van der Waals surface area contributed by atoms with Crippen LogP contribution in [0.2, 0.25) is 10.0 Å². The van der Waals surface area contributed by atoms with Gasteiger partial charge in [0.2, 0.25) is 11.9 Å². The first kappa shape index (κ1) is 46.1. The van der Waals surface area contributed by atoms with Crippen molar-refractivity contribution in [3.8, 4) is 0 Å². The molecule has 0 atom stereocenters. The molecule has 0 aliphatic carbocycles. The van der Waals surface area contributed by atoms with Crippen molar-refractivity contribution >= 4 is 183 Å². The number of nitrogens with zero attached hydrogens (tertiary/aromatic N) is 11. The molecule has 1 aliphatic heterocycles. The standard InChI is InChI=1S/C38H31Cl2N13O6S7/c1-4-52(5-2)19-10-12-22(46-48-30-26-28(39)34(65(54,55)56)61-32(26)50-63-30)24(15-19)41-36-43-37-42-25-16-21(53(6-3)20-9-7-8-18(14-20)17-60-38(44-36)45-37)11-13-23(25)47-49-31-27-29(40)35(66(57,58)59)62-33(27)51-64-31/h7-16H,4-6,17H2,1-3H3,(H,54,55,56)(H,57,58,59)(H2,41,42,43,44,45). The maximum Gasteiger partial charge on any atom is 0.305 e. The van der Waals surface area contributed by atoms with E-state index in [0.29, 0.717) is 45.0 Å². The first-order valence-corrected chi connectivity index (χ1v) is 27.2. The molecule has 0 unspecified atom stereocenters. The van der Waals surface area contributed by atoms with E-state index < -0.39 is 28.7 Å². The third-order valence-corrected chi connectivity index (χ3v) is 18.5. The van der Waals surface area contributed by atoms with Gasteiger partial charge in [-0.25, -0.2) is 0 Å². The summed E-state index contributed by atoms with van der Waals surface area (Å²) < 4.78 is 75.0. The van der Waals surface area contributed by atoms with E-state index in [-0.39, 0.29) is 47.5 Å². The third kappa shape index (κ3) is 9.31. The lowest BCUT2D eigenvalue weighted by atomic mass is 10.1. The number of nitrogens with one attached hydrogen (secondary N) is 2. The molecule has 0 fully saturated rings. The fourth-order valence-electron chi connectivity index (χ4n) is 6.81. The van der Waals surface area contributed by atoms with Gasteiger partial charge in [0.1, 0.15) is 21.0 Å². The van der Waals surface area contributed by atoms with E-state index in [4.69, 9.17) is 38.2 Å². The van der Waals surface area contributed by atoms with Crippen molar-refractivity contribution in [1.82, 2.24) is 23.7 Å². The Morgan fingerprint density at radius 3 is 2.02 bits per heavy atom. The van der Waals surface area contributed by atoms with Gasteiger partial charge in [0.15, 0.2) is 23.6 Å². The molecule has 19 nitrogen and oxygen atoms in total. The van der Waals surface area contributed by atoms with Crippen LogP contribution in [0.4, 0.5) is 61.7 Å². The molecule has 0 saturated heterocycles. The Bertz CT molecular complexity index is 3480. The van der Waals surface area contributed by atoms with Crippen LogP contribution in [0.3, 0.4) is 0 Å². The van der Waals surface area contributed by atoms with Gasteiger partial charge in [0.25, 0.3) is 0 Å². The Labute approximate surface area is 406 Å². The van der Waals surface area contributed by atoms with Crippen molar-refractivity contribution in [2.24, 2.45) is 20.5 Å². The molecule has 340 valence electrons. The van der Waals surface area contributed by atoms with Gasteiger partial charge in [-0.1, -0.05) is 69.8 Å². The molecule has 66 heavy (non-hydrogen) atoms. The lowest BCUT2D eigenvalue weighted by molar-refractivity contribution is 0.483. The maximum atomic E-state index is 12.0. The minimum absolute atomic E-state index is 0.160. The fourth-order valence-corrected chi connectivity index (χ4v) is 14.2. The highest BCUT2D eigenvalue weighted by atomic mass is 35.5. The first-order valence-electron chi connectivity index (χ1n) is 19.4. The quantitative estimate of drug-likeness (QED) is 0.0655. The molecule has 4 N–H and O–H groups in total. The summed E-state index contributed by atoms with van der Waals surface area (Å²) in [4.78, 5) is 19.3. The first-order chi connectivity index (χ1) is 31.6. The van der Waals surface area contributed by atoms with Crippen molar-refractivity contribution in [2.75, 3.05) is 40.1 Å². The van der Waals surface area contributed by atoms with E-state index in [2.05, 4.69) is 55.7 Å². The topological polar surface area (TPSA) is 253 Å². The SMILES string of the molecule is CCN(CC)c1ccc(N=Nc2snc3sc(S(=O)(=O)O)c(Cl)c23)c(Nc2nc3nc(n2)SCc2cccc(c2)N(CC)c2ccc(N=Nc4snc5sc(S(=O)(=O)O)c(Cl)c45)c(c2)N3)c1. The van der Waals surface area contributed by atoms with E-state index in [1.807, 2.05) is 63.2 Å². The van der Waals surface area contributed by atoms with Gasteiger partial charge in [0.05, 0.1) is 32.2 Å². The molecule has 3 aromatic carbocycles. The molecule has 0 radical (unpaired) electrons. The summed E-state index contributed by atoms with van der Waals surface area (Å²) in [5.41, 5.74) is 5.39. The van der Waals surface area contributed by atoms with Crippen molar-refractivity contribution in [3.05, 3.63) is 76.3 Å². The molecule has 0 spiro atoms. The summed E-state index contributed by atoms with van der Waals surface area (Å²) in [7, 11) is -9.18. The van der Waals surface area contributed by atoms with Crippen LogP contribution in [0.1, 0.15) is 26.3 Å². The van der Waals surface area contributed by atoms with E-state index in [1.54, 1.807) is 12.1 Å². The Morgan fingerprint density at radius 2 is 1.39 bits per heavy atom. The van der Waals surface area contributed by atoms with Crippen LogP contribution in [0.5, 0.6) is 0 Å². The summed E-state index contributed by atoms with van der Waals surface area (Å²) >= 11 is 17.7. The molecule has 0 amide bonds. The largest absolute Gasteiger partial charge is 0.372 e. The highest BCUT2D eigenvalue weighted by Crippen LogP contribution is 2.48. The van der Waals surface area contributed by atoms with Crippen molar-refractivity contribution in [2.45, 2.75) is 40.1 Å². The summed E-state index contributed by atoms with van der Waals surface area (Å²) in [6, 6.07) is 19.3. The van der Waals surface area contributed by atoms with E-state index in [9.17, 15) is 25.9 Å². The Morgan fingerprint density at radius 1 is 0.773 bits per heavy atom. The number of fused-ring (bicyclic) bond motifs is 8. The minimum Gasteiger partial charge on any atom is -0.372 e. The molecule has 0 saturated carbocycles. The molecule has 1 aliphatic rings. The van der Waals surface area contributed by atoms with Crippen LogP contribution >= 0.6 is 80.7 Å². The smallest absolute Gasteiger partial charge is 0.305 e. The fraction of sp³-hybridized carbons (Fsp3) is 0.184. The highest BCUT2D eigenvalue weighted by Gasteiger charge is 2.27. The van der Waals surface area contributed by atoms with Gasteiger partial charge < -0.3 is 20.4 Å². The summed E-state index contributed by atoms with van der Waals surface area (Å²) in [5, 5.41) is 25.7. The molecule has 8 aromatic rings. The zero-order chi connectivity index (χ0) is 46.5. The molecule has 6 heterocycles. The van der Waals surface area contributed by atoms with Gasteiger partial charge in [-0.15, -0.1) is 20.5 Å². The van der Waals surface area contributed by atoms with Crippen LogP contribution < -0.4 is 20.4 Å². The van der Waals surface area contributed by atoms with Gasteiger partial charge >= 0.3 is 20.2 Å². The molecule has 5 aromatic heterocycles. The number of thioether (sulfide) groups is 1.